The average Bonchev–Trinajstić information content (AvgIpc) is 2.98. The monoisotopic (exact) mass is 306 g/mol. The maximum Gasteiger partial charge on any atom is 0.240 e. The molecule has 1 aliphatic carbocycles. The molecule has 0 unspecified atom stereocenters. The first-order valence-corrected chi connectivity index (χ1v) is 9.06. The highest BCUT2D eigenvalue weighted by Gasteiger charge is 2.16. The maximum atomic E-state index is 12.1. The lowest BCUT2D eigenvalue weighted by atomic mass is 10.0. The number of hydrogen-bond donors (Lipinski definition) is 1. The van der Waals surface area contributed by atoms with E-state index >= 15 is 0 Å². The lowest BCUT2D eigenvalue weighted by molar-refractivity contribution is 0.480. The fraction of sp³-hybridized carbons (Fsp3) is 0.562. The van der Waals surface area contributed by atoms with Crippen molar-refractivity contribution >= 4 is 10.0 Å². The summed E-state index contributed by atoms with van der Waals surface area (Å²) in [5.74, 6) is 0.791. The van der Waals surface area contributed by atoms with Crippen LogP contribution in [0.25, 0.3) is 0 Å². The molecule has 0 radical (unpaired) electrons. The Hall–Kier alpha value is -1.38. The van der Waals surface area contributed by atoms with E-state index in [0.29, 0.717) is 13.0 Å². The fourth-order valence-corrected chi connectivity index (χ4v) is 3.93. The Morgan fingerprint density at radius 3 is 2.48 bits per heavy atom. The minimum atomic E-state index is -3.42. The highest BCUT2D eigenvalue weighted by Crippen LogP contribution is 2.28. The molecule has 1 fully saturated rings. The molecule has 114 valence electrons. The molecule has 21 heavy (non-hydrogen) atoms. The number of nitriles is 1. The van der Waals surface area contributed by atoms with Crippen LogP contribution in [-0.2, 0) is 16.4 Å². The number of sulfonamides is 1. The zero-order valence-corrected chi connectivity index (χ0v) is 13.0. The molecule has 0 amide bonds. The third-order valence-corrected chi connectivity index (χ3v) is 5.55. The van der Waals surface area contributed by atoms with Crippen LogP contribution in [0.15, 0.2) is 29.2 Å². The third-order valence-electron chi connectivity index (χ3n) is 4.07. The van der Waals surface area contributed by atoms with Crippen molar-refractivity contribution in [1.29, 1.82) is 5.26 Å². The van der Waals surface area contributed by atoms with Crippen LogP contribution in [0.2, 0.25) is 0 Å². The Kier molecular flexibility index (Phi) is 5.77. The molecule has 0 spiro atoms. The maximum absolute atomic E-state index is 12.1. The van der Waals surface area contributed by atoms with Crippen LogP contribution in [0, 0.1) is 17.2 Å². The minimum absolute atomic E-state index is 0.269. The van der Waals surface area contributed by atoms with Gasteiger partial charge in [-0.25, -0.2) is 13.1 Å². The summed E-state index contributed by atoms with van der Waals surface area (Å²) in [4.78, 5) is 0.269. The molecule has 0 heterocycles. The first kappa shape index (κ1) is 16.0. The molecule has 0 aliphatic heterocycles. The quantitative estimate of drug-likeness (QED) is 0.787. The first-order chi connectivity index (χ1) is 10.1. The summed E-state index contributed by atoms with van der Waals surface area (Å²) in [6, 6.07) is 8.55. The van der Waals surface area contributed by atoms with E-state index in [4.69, 9.17) is 5.26 Å². The van der Waals surface area contributed by atoms with Crippen LogP contribution in [0.4, 0.5) is 0 Å². The summed E-state index contributed by atoms with van der Waals surface area (Å²) in [6.07, 6.45) is 7.56. The number of benzene rings is 1. The predicted octanol–water partition coefficient (Wildman–Crippen LogP) is 3.00. The van der Waals surface area contributed by atoms with Gasteiger partial charge < -0.3 is 0 Å². The van der Waals surface area contributed by atoms with Gasteiger partial charge in [0, 0.05) is 6.54 Å². The molecule has 0 saturated heterocycles. The van der Waals surface area contributed by atoms with Crippen molar-refractivity contribution in [2.24, 2.45) is 5.92 Å². The SMILES string of the molecule is N#CCc1ccc(S(=O)(=O)NCCCC2CCCC2)cc1. The van der Waals surface area contributed by atoms with Crippen LogP contribution in [-0.4, -0.2) is 15.0 Å². The Morgan fingerprint density at radius 2 is 1.86 bits per heavy atom. The van der Waals surface area contributed by atoms with Crippen LogP contribution in [0.1, 0.15) is 44.1 Å². The van der Waals surface area contributed by atoms with Gasteiger partial charge in [-0.15, -0.1) is 0 Å². The standard InChI is InChI=1S/C16H22N2O2S/c17-12-11-15-7-9-16(10-8-15)21(19,20)18-13-3-6-14-4-1-2-5-14/h7-10,14,18H,1-6,11,13H2. The van der Waals surface area contributed by atoms with E-state index < -0.39 is 10.0 Å². The zero-order chi connectivity index (χ0) is 15.1. The molecular weight excluding hydrogens is 284 g/mol. The van der Waals surface area contributed by atoms with Crippen molar-refractivity contribution in [2.45, 2.75) is 49.8 Å². The molecular formula is C16H22N2O2S. The molecule has 1 aromatic carbocycles. The molecule has 0 atom stereocenters. The second-order valence-electron chi connectivity index (χ2n) is 5.67. The number of hydrogen-bond acceptors (Lipinski definition) is 3. The normalized spacial score (nSPS) is 16.0. The predicted molar refractivity (Wildman–Crippen MR) is 82.1 cm³/mol. The van der Waals surface area contributed by atoms with E-state index in [1.807, 2.05) is 6.07 Å². The zero-order valence-electron chi connectivity index (χ0n) is 12.2. The van der Waals surface area contributed by atoms with Crippen LogP contribution >= 0.6 is 0 Å². The van der Waals surface area contributed by atoms with E-state index in [9.17, 15) is 8.42 Å². The number of nitrogens with one attached hydrogen (secondary N) is 1. The van der Waals surface area contributed by atoms with E-state index in [2.05, 4.69) is 4.72 Å². The van der Waals surface area contributed by atoms with Crippen molar-refractivity contribution in [2.75, 3.05) is 6.54 Å². The lowest BCUT2D eigenvalue weighted by Crippen LogP contribution is -2.25. The second-order valence-corrected chi connectivity index (χ2v) is 7.44. The summed E-state index contributed by atoms with van der Waals surface area (Å²) in [6.45, 7) is 0.499. The highest BCUT2D eigenvalue weighted by molar-refractivity contribution is 7.89. The fourth-order valence-electron chi connectivity index (χ4n) is 2.86. The van der Waals surface area contributed by atoms with E-state index in [1.165, 1.54) is 25.7 Å². The average molecular weight is 306 g/mol. The lowest BCUT2D eigenvalue weighted by Gasteiger charge is -2.10. The summed E-state index contributed by atoms with van der Waals surface area (Å²) < 4.78 is 26.9. The molecule has 1 saturated carbocycles. The number of rotatable bonds is 7. The van der Waals surface area contributed by atoms with Gasteiger partial charge in [0.2, 0.25) is 10.0 Å². The Balaban J connectivity index is 1.81. The van der Waals surface area contributed by atoms with Gasteiger partial charge in [0.1, 0.15) is 0 Å². The summed E-state index contributed by atoms with van der Waals surface area (Å²) >= 11 is 0. The first-order valence-electron chi connectivity index (χ1n) is 7.57. The molecule has 0 bridgehead atoms. The molecule has 5 heteroatoms. The largest absolute Gasteiger partial charge is 0.240 e. The highest BCUT2D eigenvalue weighted by atomic mass is 32.2. The molecule has 0 aromatic heterocycles. The minimum Gasteiger partial charge on any atom is -0.211 e. The molecule has 1 aromatic rings. The van der Waals surface area contributed by atoms with Gasteiger partial charge >= 0.3 is 0 Å². The van der Waals surface area contributed by atoms with Gasteiger partial charge in [-0.3, -0.25) is 0 Å². The van der Waals surface area contributed by atoms with E-state index in [-0.39, 0.29) is 4.90 Å². The van der Waals surface area contributed by atoms with Crippen molar-refractivity contribution < 1.29 is 8.42 Å². The van der Waals surface area contributed by atoms with Crippen molar-refractivity contribution in [3.05, 3.63) is 29.8 Å². The molecule has 4 nitrogen and oxygen atoms in total. The second kappa shape index (κ2) is 7.58. The van der Waals surface area contributed by atoms with Crippen LogP contribution < -0.4 is 4.72 Å². The summed E-state index contributed by atoms with van der Waals surface area (Å²) in [7, 11) is -3.42. The molecule has 1 N–H and O–H groups in total. The van der Waals surface area contributed by atoms with Crippen molar-refractivity contribution in [1.82, 2.24) is 4.72 Å². The van der Waals surface area contributed by atoms with Gasteiger partial charge in [0.15, 0.2) is 0 Å². The van der Waals surface area contributed by atoms with Crippen molar-refractivity contribution in [3.8, 4) is 6.07 Å². The Morgan fingerprint density at radius 1 is 1.19 bits per heavy atom. The summed E-state index contributed by atoms with van der Waals surface area (Å²) in [5.41, 5.74) is 0.831. The van der Waals surface area contributed by atoms with Crippen molar-refractivity contribution in [3.63, 3.8) is 0 Å². The number of nitrogens with zero attached hydrogens (tertiary/aromatic N) is 1. The van der Waals surface area contributed by atoms with Gasteiger partial charge in [-0.1, -0.05) is 37.8 Å². The third kappa shape index (κ3) is 4.83. The molecule has 2 rings (SSSR count). The van der Waals surface area contributed by atoms with Crippen LogP contribution in [0.3, 0.4) is 0 Å². The Labute approximate surface area is 127 Å². The van der Waals surface area contributed by atoms with Gasteiger partial charge in [-0.05, 0) is 36.5 Å². The van der Waals surface area contributed by atoms with Gasteiger partial charge in [0.05, 0.1) is 17.4 Å². The van der Waals surface area contributed by atoms with Gasteiger partial charge in [0.25, 0.3) is 0 Å². The topological polar surface area (TPSA) is 70.0 Å². The van der Waals surface area contributed by atoms with E-state index in [0.717, 1.165) is 24.3 Å². The molecule has 1 aliphatic rings. The Bertz CT molecular complexity index is 582. The summed E-state index contributed by atoms with van der Waals surface area (Å²) in [5, 5.41) is 8.60. The smallest absolute Gasteiger partial charge is 0.211 e. The van der Waals surface area contributed by atoms with Crippen LogP contribution in [0.5, 0.6) is 0 Å². The van der Waals surface area contributed by atoms with Gasteiger partial charge in [-0.2, -0.15) is 5.26 Å². The van der Waals surface area contributed by atoms with E-state index in [1.54, 1.807) is 24.3 Å².